The number of aromatic nitrogens is 1. The molecule has 0 radical (unpaired) electrons. The van der Waals surface area contributed by atoms with E-state index in [0.29, 0.717) is 12.8 Å². The van der Waals surface area contributed by atoms with Crippen LogP contribution < -0.4 is 5.32 Å². The topological polar surface area (TPSA) is 79.3 Å². The summed E-state index contributed by atoms with van der Waals surface area (Å²) in [6.07, 6.45) is 2.87. The van der Waals surface area contributed by atoms with Gasteiger partial charge in [0, 0.05) is 6.20 Å². The minimum Gasteiger partial charge on any atom is -0.480 e. The lowest BCUT2D eigenvalue weighted by atomic mass is 9.76. The third-order valence-electron chi connectivity index (χ3n) is 3.04. The molecule has 1 aromatic heterocycles. The van der Waals surface area contributed by atoms with E-state index in [-0.39, 0.29) is 15.7 Å². The molecule has 1 fully saturated rings. The number of amides is 1. The summed E-state index contributed by atoms with van der Waals surface area (Å²) < 4.78 is 0. The van der Waals surface area contributed by atoms with Gasteiger partial charge in [-0.1, -0.05) is 23.2 Å². The van der Waals surface area contributed by atoms with Crippen LogP contribution in [-0.4, -0.2) is 27.5 Å². The molecule has 2 N–H and O–H groups in total. The largest absolute Gasteiger partial charge is 0.480 e. The van der Waals surface area contributed by atoms with Crippen LogP contribution in [0.3, 0.4) is 0 Å². The Morgan fingerprint density at radius 2 is 2.06 bits per heavy atom. The first-order chi connectivity index (χ1) is 8.44. The van der Waals surface area contributed by atoms with Crippen LogP contribution in [-0.2, 0) is 4.79 Å². The Bertz CT molecular complexity index is 515. The van der Waals surface area contributed by atoms with E-state index in [9.17, 15) is 9.59 Å². The molecule has 0 spiro atoms. The average molecular weight is 289 g/mol. The lowest BCUT2D eigenvalue weighted by Gasteiger charge is -2.38. The number of carboxylic acids is 1. The first kappa shape index (κ1) is 13.1. The Balaban J connectivity index is 2.22. The van der Waals surface area contributed by atoms with Gasteiger partial charge in [0.2, 0.25) is 0 Å². The molecule has 5 nitrogen and oxygen atoms in total. The number of nitrogens with one attached hydrogen (secondary N) is 1. The molecule has 0 saturated heterocycles. The van der Waals surface area contributed by atoms with Gasteiger partial charge in [0.1, 0.15) is 10.7 Å². The first-order valence-electron chi connectivity index (χ1n) is 5.31. The van der Waals surface area contributed by atoms with Crippen molar-refractivity contribution in [2.75, 3.05) is 0 Å². The molecule has 1 aliphatic carbocycles. The molecule has 0 atom stereocenters. The van der Waals surface area contributed by atoms with E-state index in [4.69, 9.17) is 28.3 Å². The fraction of sp³-hybridized carbons (Fsp3) is 0.364. The van der Waals surface area contributed by atoms with Gasteiger partial charge in [-0.2, -0.15) is 0 Å². The summed E-state index contributed by atoms with van der Waals surface area (Å²) in [4.78, 5) is 26.8. The van der Waals surface area contributed by atoms with E-state index in [2.05, 4.69) is 10.3 Å². The number of aliphatic carboxylic acids is 1. The monoisotopic (exact) mass is 288 g/mol. The van der Waals surface area contributed by atoms with Gasteiger partial charge in [0.05, 0.1) is 10.6 Å². The molecule has 1 amide bonds. The second-order valence-electron chi connectivity index (χ2n) is 4.18. The SMILES string of the molecule is O=C(NC1(C(=O)O)CCC1)c1cc(Cl)ncc1Cl. The number of carboxylic acid groups (broad SMARTS) is 1. The van der Waals surface area contributed by atoms with Gasteiger partial charge in [-0.3, -0.25) is 4.79 Å². The highest BCUT2D eigenvalue weighted by molar-refractivity contribution is 6.35. The van der Waals surface area contributed by atoms with Crippen LogP contribution in [0.1, 0.15) is 29.6 Å². The van der Waals surface area contributed by atoms with Gasteiger partial charge in [-0.25, -0.2) is 9.78 Å². The van der Waals surface area contributed by atoms with Gasteiger partial charge in [-0.05, 0) is 25.3 Å². The van der Waals surface area contributed by atoms with Crippen LogP contribution in [0.15, 0.2) is 12.3 Å². The summed E-state index contributed by atoms with van der Waals surface area (Å²) >= 11 is 11.5. The zero-order chi connectivity index (χ0) is 13.3. The van der Waals surface area contributed by atoms with Crippen molar-refractivity contribution in [1.29, 1.82) is 0 Å². The molecular formula is C11H10Cl2N2O3. The summed E-state index contributed by atoms with van der Waals surface area (Å²) in [5.41, 5.74) is -1.04. The molecule has 1 saturated carbocycles. The Hall–Kier alpha value is -1.33. The Labute approximate surface area is 113 Å². The molecule has 0 unspecified atom stereocenters. The summed E-state index contributed by atoms with van der Waals surface area (Å²) in [6.45, 7) is 0. The van der Waals surface area contributed by atoms with Crippen LogP contribution in [0.25, 0.3) is 0 Å². The maximum absolute atomic E-state index is 12.0. The van der Waals surface area contributed by atoms with Crippen molar-refractivity contribution < 1.29 is 14.7 Å². The van der Waals surface area contributed by atoms with Gasteiger partial charge >= 0.3 is 5.97 Å². The number of pyridine rings is 1. The molecule has 96 valence electrons. The highest BCUT2D eigenvalue weighted by atomic mass is 35.5. The molecule has 7 heteroatoms. The van der Waals surface area contributed by atoms with Crippen molar-refractivity contribution in [3.63, 3.8) is 0 Å². The maximum Gasteiger partial charge on any atom is 0.329 e. The Morgan fingerprint density at radius 3 is 2.56 bits per heavy atom. The molecule has 0 bridgehead atoms. The smallest absolute Gasteiger partial charge is 0.329 e. The minimum atomic E-state index is -1.17. The van der Waals surface area contributed by atoms with Crippen LogP contribution in [0.5, 0.6) is 0 Å². The summed E-state index contributed by atoms with van der Waals surface area (Å²) in [5.74, 6) is -1.58. The van der Waals surface area contributed by atoms with E-state index >= 15 is 0 Å². The van der Waals surface area contributed by atoms with Gasteiger partial charge in [0.25, 0.3) is 5.91 Å². The van der Waals surface area contributed by atoms with Gasteiger partial charge < -0.3 is 10.4 Å². The Morgan fingerprint density at radius 1 is 1.39 bits per heavy atom. The van der Waals surface area contributed by atoms with Crippen molar-refractivity contribution in [3.8, 4) is 0 Å². The van der Waals surface area contributed by atoms with Crippen LogP contribution in [0.4, 0.5) is 0 Å². The van der Waals surface area contributed by atoms with E-state index < -0.39 is 17.4 Å². The third kappa shape index (κ3) is 2.28. The summed E-state index contributed by atoms with van der Waals surface area (Å²) in [6, 6.07) is 1.31. The van der Waals surface area contributed by atoms with E-state index in [0.717, 1.165) is 6.42 Å². The predicted octanol–water partition coefficient (Wildman–Crippen LogP) is 2.13. The van der Waals surface area contributed by atoms with Crippen LogP contribution >= 0.6 is 23.2 Å². The van der Waals surface area contributed by atoms with E-state index in [1.807, 2.05) is 0 Å². The standard InChI is InChI=1S/C11H10Cl2N2O3/c12-7-5-14-8(13)4-6(7)9(16)15-11(10(17)18)2-1-3-11/h4-5H,1-3H2,(H,15,16)(H,17,18). The average Bonchev–Trinajstić information content (AvgIpc) is 2.26. The molecule has 1 aromatic rings. The van der Waals surface area contributed by atoms with E-state index in [1.54, 1.807) is 0 Å². The number of rotatable bonds is 3. The summed E-state index contributed by atoms with van der Waals surface area (Å²) in [5, 5.41) is 11.9. The van der Waals surface area contributed by atoms with Crippen molar-refractivity contribution in [2.24, 2.45) is 0 Å². The van der Waals surface area contributed by atoms with Crippen LogP contribution in [0.2, 0.25) is 10.2 Å². The maximum atomic E-state index is 12.0. The molecule has 18 heavy (non-hydrogen) atoms. The zero-order valence-corrected chi connectivity index (χ0v) is 10.8. The molecule has 1 aliphatic rings. The number of nitrogens with zero attached hydrogens (tertiary/aromatic N) is 1. The number of halogens is 2. The fourth-order valence-electron chi connectivity index (χ4n) is 1.79. The zero-order valence-electron chi connectivity index (χ0n) is 9.24. The van der Waals surface area contributed by atoms with Crippen molar-refractivity contribution >= 4 is 35.1 Å². The molecule has 2 rings (SSSR count). The molecular weight excluding hydrogens is 279 g/mol. The minimum absolute atomic E-state index is 0.127. The van der Waals surface area contributed by atoms with Crippen LogP contribution in [0, 0.1) is 0 Å². The van der Waals surface area contributed by atoms with Gasteiger partial charge in [-0.15, -0.1) is 0 Å². The predicted molar refractivity (Wildman–Crippen MR) is 65.9 cm³/mol. The third-order valence-corrected chi connectivity index (χ3v) is 3.54. The number of hydrogen-bond donors (Lipinski definition) is 2. The highest BCUT2D eigenvalue weighted by Gasteiger charge is 2.45. The lowest BCUT2D eigenvalue weighted by molar-refractivity contribution is -0.148. The Kier molecular flexibility index (Phi) is 3.45. The second-order valence-corrected chi connectivity index (χ2v) is 4.98. The van der Waals surface area contributed by atoms with Crippen molar-refractivity contribution in [3.05, 3.63) is 28.0 Å². The van der Waals surface area contributed by atoms with E-state index in [1.165, 1.54) is 12.3 Å². The summed E-state index contributed by atoms with van der Waals surface area (Å²) in [7, 11) is 0. The highest BCUT2D eigenvalue weighted by Crippen LogP contribution is 2.32. The quantitative estimate of drug-likeness (QED) is 0.835. The molecule has 1 heterocycles. The number of carbonyl (C=O) groups is 2. The first-order valence-corrected chi connectivity index (χ1v) is 6.07. The van der Waals surface area contributed by atoms with Crippen molar-refractivity contribution in [1.82, 2.24) is 10.3 Å². The normalized spacial score (nSPS) is 16.8. The van der Waals surface area contributed by atoms with Gasteiger partial charge in [0.15, 0.2) is 0 Å². The number of carbonyl (C=O) groups excluding carboxylic acids is 1. The second kappa shape index (κ2) is 4.74. The molecule has 0 aliphatic heterocycles. The number of hydrogen-bond acceptors (Lipinski definition) is 3. The fourth-order valence-corrected chi connectivity index (χ4v) is 2.14. The lowest BCUT2D eigenvalue weighted by Crippen LogP contribution is -2.59. The van der Waals surface area contributed by atoms with Crippen molar-refractivity contribution in [2.45, 2.75) is 24.8 Å². The molecule has 0 aromatic carbocycles.